The topological polar surface area (TPSA) is 69.9 Å². The quantitative estimate of drug-likeness (QED) is 0.375. The monoisotopic (exact) mass is 484 g/mol. The van der Waals surface area contributed by atoms with E-state index in [1.807, 2.05) is 30.0 Å². The van der Waals surface area contributed by atoms with Crippen LogP contribution in [0.2, 0.25) is 0 Å². The fraction of sp³-hybridized carbons (Fsp3) is 0.500. The number of furan rings is 1. The van der Waals surface area contributed by atoms with Crippen LogP contribution in [0.4, 0.5) is 0 Å². The summed E-state index contributed by atoms with van der Waals surface area (Å²) in [6, 6.07) is 8.03. The number of nitrogens with zero attached hydrogens (tertiary/aromatic N) is 2. The van der Waals surface area contributed by atoms with Gasteiger partial charge in [0.1, 0.15) is 17.9 Å². The summed E-state index contributed by atoms with van der Waals surface area (Å²) in [7, 11) is 0. The molecule has 1 aromatic heterocycles. The second-order valence-corrected chi connectivity index (χ2v) is 6.61. The molecule has 0 radical (unpaired) electrons. The van der Waals surface area contributed by atoms with Crippen LogP contribution in [0.25, 0.3) is 11.0 Å². The maximum Gasteiger partial charge on any atom is 0.224 e. The number of benzene rings is 1. The number of para-hydroxylation sites is 1. The number of hydrogen-bond donors (Lipinski definition) is 2. The van der Waals surface area contributed by atoms with E-state index in [0.717, 1.165) is 54.8 Å². The molecule has 1 saturated heterocycles. The van der Waals surface area contributed by atoms with Gasteiger partial charge in [-0.1, -0.05) is 18.2 Å². The lowest BCUT2D eigenvalue weighted by molar-refractivity contribution is -0.129. The zero-order valence-electron chi connectivity index (χ0n) is 16.1. The maximum atomic E-state index is 12.1. The van der Waals surface area contributed by atoms with Crippen molar-refractivity contribution in [3.05, 3.63) is 35.6 Å². The van der Waals surface area contributed by atoms with E-state index in [9.17, 15) is 4.79 Å². The van der Waals surface area contributed by atoms with E-state index in [1.165, 1.54) is 0 Å². The lowest BCUT2D eigenvalue weighted by Gasteiger charge is -2.16. The molecule has 2 N–H and O–H groups in total. The maximum absolute atomic E-state index is 12.1. The van der Waals surface area contributed by atoms with Gasteiger partial charge in [-0.3, -0.25) is 4.79 Å². The van der Waals surface area contributed by atoms with E-state index < -0.39 is 0 Å². The third kappa shape index (κ3) is 5.60. The summed E-state index contributed by atoms with van der Waals surface area (Å²) in [6.45, 7) is 7.71. The molecule has 148 valence electrons. The van der Waals surface area contributed by atoms with Gasteiger partial charge in [-0.15, -0.1) is 24.0 Å². The molecule has 1 amide bonds. The Morgan fingerprint density at radius 1 is 1.22 bits per heavy atom. The second-order valence-electron chi connectivity index (χ2n) is 6.61. The Kier molecular flexibility index (Phi) is 8.40. The molecule has 1 fully saturated rings. The molecule has 2 heterocycles. The van der Waals surface area contributed by atoms with Crippen LogP contribution in [-0.2, 0) is 11.3 Å². The Balaban J connectivity index is 0.00000261. The average molecular weight is 484 g/mol. The molecule has 6 nitrogen and oxygen atoms in total. The fourth-order valence-corrected chi connectivity index (χ4v) is 3.28. The largest absolute Gasteiger partial charge is 0.459 e. The Hall–Kier alpha value is -1.77. The molecule has 0 saturated carbocycles. The van der Waals surface area contributed by atoms with Gasteiger partial charge in [0.05, 0.1) is 0 Å². The summed E-state index contributed by atoms with van der Waals surface area (Å²) in [5.74, 6) is 1.80. The first kappa shape index (κ1) is 21.5. The molecule has 27 heavy (non-hydrogen) atoms. The van der Waals surface area contributed by atoms with Crippen LogP contribution in [-0.4, -0.2) is 42.9 Å². The number of likely N-dealkylation sites (tertiary alicyclic amines) is 1. The highest BCUT2D eigenvalue weighted by atomic mass is 127. The number of hydrogen-bond acceptors (Lipinski definition) is 3. The highest BCUT2D eigenvalue weighted by Crippen LogP contribution is 2.25. The number of fused-ring (bicyclic) bond motifs is 1. The normalized spacial score (nSPS) is 14.3. The number of halogens is 1. The van der Waals surface area contributed by atoms with Crippen molar-refractivity contribution >= 4 is 46.8 Å². The van der Waals surface area contributed by atoms with Gasteiger partial charge in [0.15, 0.2) is 5.96 Å². The summed E-state index contributed by atoms with van der Waals surface area (Å²) in [5, 5.41) is 7.60. The lowest BCUT2D eigenvalue weighted by Crippen LogP contribution is -2.39. The molecule has 0 unspecified atom stereocenters. The third-order valence-corrected chi connectivity index (χ3v) is 4.76. The number of aryl methyl sites for hydroxylation is 1. The zero-order valence-corrected chi connectivity index (χ0v) is 18.4. The van der Waals surface area contributed by atoms with Gasteiger partial charge in [-0.25, -0.2) is 4.99 Å². The minimum absolute atomic E-state index is 0. The number of rotatable bonds is 6. The predicted octanol–water partition coefficient (Wildman–Crippen LogP) is 3.43. The van der Waals surface area contributed by atoms with E-state index in [1.54, 1.807) is 0 Å². The molecule has 7 heteroatoms. The Morgan fingerprint density at radius 3 is 2.67 bits per heavy atom. The first-order valence-electron chi connectivity index (χ1n) is 9.46. The van der Waals surface area contributed by atoms with Crippen molar-refractivity contribution < 1.29 is 9.21 Å². The minimum Gasteiger partial charge on any atom is -0.459 e. The molecule has 0 spiro atoms. The molecule has 3 rings (SSSR count). The van der Waals surface area contributed by atoms with Gasteiger partial charge in [0, 0.05) is 43.5 Å². The van der Waals surface area contributed by atoms with Crippen molar-refractivity contribution in [2.24, 2.45) is 4.99 Å². The SMILES string of the molecule is CCNC(=NCc1oc2ccccc2c1C)NCCC(=O)N1CCCC1.I. The predicted molar refractivity (Wildman–Crippen MR) is 120 cm³/mol. The van der Waals surface area contributed by atoms with Gasteiger partial charge < -0.3 is 20.0 Å². The minimum atomic E-state index is 0. The van der Waals surface area contributed by atoms with Crippen molar-refractivity contribution in [3.63, 3.8) is 0 Å². The highest BCUT2D eigenvalue weighted by molar-refractivity contribution is 14.0. The molecule has 1 aliphatic heterocycles. The Morgan fingerprint density at radius 2 is 1.96 bits per heavy atom. The summed E-state index contributed by atoms with van der Waals surface area (Å²) in [4.78, 5) is 18.7. The van der Waals surface area contributed by atoms with Crippen molar-refractivity contribution in [1.29, 1.82) is 0 Å². The van der Waals surface area contributed by atoms with Crippen LogP contribution in [0.5, 0.6) is 0 Å². The number of carbonyl (C=O) groups is 1. The van der Waals surface area contributed by atoms with Crippen LogP contribution < -0.4 is 10.6 Å². The number of carbonyl (C=O) groups excluding carboxylic acids is 1. The first-order valence-corrected chi connectivity index (χ1v) is 9.46. The summed E-state index contributed by atoms with van der Waals surface area (Å²) in [6.07, 6.45) is 2.74. The molecular formula is C20H29IN4O2. The summed E-state index contributed by atoms with van der Waals surface area (Å²) >= 11 is 0. The standard InChI is InChI=1S/C20H28N4O2.HI/c1-3-21-20(22-11-10-19(25)24-12-6-7-13-24)23-14-18-15(2)16-8-4-5-9-17(16)26-18;/h4-5,8-9H,3,6-7,10-14H2,1-2H3,(H2,21,22,23);1H. The number of nitrogens with one attached hydrogen (secondary N) is 2. The van der Waals surface area contributed by atoms with Crippen molar-refractivity contribution in [3.8, 4) is 0 Å². The molecule has 1 aromatic carbocycles. The van der Waals surface area contributed by atoms with Crippen LogP contribution in [0.15, 0.2) is 33.7 Å². The smallest absolute Gasteiger partial charge is 0.224 e. The van der Waals surface area contributed by atoms with Gasteiger partial charge in [0.25, 0.3) is 0 Å². The molecule has 0 aliphatic carbocycles. The van der Waals surface area contributed by atoms with Crippen LogP contribution in [0, 0.1) is 6.92 Å². The molecular weight excluding hydrogens is 455 g/mol. The van der Waals surface area contributed by atoms with Crippen molar-refractivity contribution in [2.75, 3.05) is 26.2 Å². The summed E-state index contributed by atoms with van der Waals surface area (Å²) < 4.78 is 5.91. The van der Waals surface area contributed by atoms with Gasteiger partial charge in [0.2, 0.25) is 5.91 Å². The van der Waals surface area contributed by atoms with Crippen molar-refractivity contribution in [1.82, 2.24) is 15.5 Å². The average Bonchev–Trinajstić information content (AvgIpc) is 3.29. The second kappa shape index (κ2) is 10.5. The number of amides is 1. The Bertz CT molecular complexity index is 781. The number of aliphatic imine (C=N–C) groups is 1. The zero-order chi connectivity index (χ0) is 18.4. The van der Waals surface area contributed by atoms with Crippen LogP contribution >= 0.6 is 24.0 Å². The first-order chi connectivity index (χ1) is 12.7. The van der Waals surface area contributed by atoms with E-state index in [2.05, 4.69) is 28.6 Å². The van der Waals surface area contributed by atoms with Crippen LogP contribution in [0.1, 0.15) is 37.5 Å². The van der Waals surface area contributed by atoms with E-state index in [-0.39, 0.29) is 29.9 Å². The van der Waals surface area contributed by atoms with Gasteiger partial charge in [-0.2, -0.15) is 0 Å². The molecule has 0 atom stereocenters. The lowest BCUT2D eigenvalue weighted by atomic mass is 10.1. The third-order valence-electron chi connectivity index (χ3n) is 4.76. The Labute approximate surface area is 177 Å². The fourth-order valence-electron chi connectivity index (χ4n) is 3.28. The van der Waals surface area contributed by atoms with E-state index in [0.29, 0.717) is 25.5 Å². The van der Waals surface area contributed by atoms with Gasteiger partial charge in [-0.05, 0) is 32.8 Å². The molecule has 2 aromatic rings. The van der Waals surface area contributed by atoms with Crippen molar-refractivity contribution in [2.45, 2.75) is 39.7 Å². The molecule has 0 bridgehead atoms. The van der Waals surface area contributed by atoms with Gasteiger partial charge >= 0.3 is 0 Å². The van der Waals surface area contributed by atoms with E-state index >= 15 is 0 Å². The summed E-state index contributed by atoms with van der Waals surface area (Å²) in [5.41, 5.74) is 2.02. The number of guanidine groups is 1. The highest BCUT2D eigenvalue weighted by Gasteiger charge is 2.17. The van der Waals surface area contributed by atoms with E-state index in [4.69, 9.17) is 4.42 Å². The van der Waals surface area contributed by atoms with Crippen LogP contribution in [0.3, 0.4) is 0 Å². The molecule has 1 aliphatic rings.